The molecule has 0 aliphatic rings. The highest BCUT2D eigenvalue weighted by atomic mass is 127. The minimum atomic E-state index is -0.361. The Kier molecular flexibility index (Phi) is 12.4. The summed E-state index contributed by atoms with van der Waals surface area (Å²) in [6, 6.07) is 9.69. The molecular weight excluding hydrogens is 510 g/mol. The van der Waals surface area contributed by atoms with Gasteiger partial charge in [0.15, 0.2) is 5.96 Å². The van der Waals surface area contributed by atoms with Crippen LogP contribution < -0.4 is 15.4 Å². The van der Waals surface area contributed by atoms with Crippen LogP contribution in [0.4, 0.5) is 4.39 Å². The van der Waals surface area contributed by atoms with E-state index in [9.17, 15) is 9.50 Å². The Morgan fingerprint density at radius 1 is 1.16 bits per heavy atom. The van der Waals surface area contributed by atoms with Gasteiger partial charge in [-0.1, -0.05) is 26.0 Å². The molecule has 1 aromatic heterocycles. The van der Waals surface area contributed by atoms with E-state index in [1.54, 1.807) is 18.3 Å². The number of benzene rings is 1. The van der Waals surface area contributed by atoms with Gasteiger partial charge in [0.2, 0.25) is 5.88 Å². The molecule has 0 unspecified atom stereocenters. The van der Waals surface area contributed by atoms with Crippen LogP contribution in [0.3, 0.4) is 0 Å². The van der Waals surface area contributed by atoms with Crippen LogP contribution in [0.15, 0.2) is 47.6 Å². The molecule has 2 rings (SSSR count). The van der Waals surface area contributed by atoms with E-state index in [-0.39, 0.29) is 41.8 Å². The summed E-state index contributed by atoms with van der Waals surface area (Å²) in [5.74, 6) is 1.13. The van der Waals surface area contributed by atoms with Gasteiger partial charge in [0.25, 0.3) is 0 Å². The zero-order chi connectivity index (χ0) is 21.8. The number of hydrogen-bond donors (Lipinski definition) is 3. The number of nitrogens with zero attached hydrogens (tertiary/aromatic N) is 2. The highest BCUT2D eigenvalue weighted by molar-refractivity contribution is 14.0. The molecule has 0 atom stereocenters. The number of rotatable bonds is 11. The molecule has 0 amide bonds. The summed E-state index contributed by atoms with van der Waals surface area (Å²) in [5.41, 5.74) is 0.830. The summed E-state index contributed by atoms with van der Waals surface area (Å²) in [6.45, 7) is 8.31. The minimum absolute atomic E-state index is 0. The number of ether oxygens (including phenoxy) is 1. The standard InChI is InChI=1S/C23H33FN4O2.HI/c1-4-23(5-2,12-14-29)17-28-22(25-6-3)27-16-18-9-8-13-26-21(18)30-20-11-7-10-19(24)15-20;/h7-11,13,15,29H,4-6,12,14,16-17H2,1-3H3,(H2,25,27,28);1H. The number of pyridine rings is 1. The molecule has 3 N–H and O–H groups in total. The van der Waals surface area contributed by atoms with Crippen molar-refractivity contribution in [2.24, 2.45) is 10.4 Å². The normalized spacial score (nSPS) is 11.6. The molecule has 2 aromatic rings. The maximum Gasteiger partial charge on any atom is 0.224 e. The maximum absolute atomic E-state index is 13.4. The van der Waals surface area contributed by atoms with Crippen molar-refractivity contribution in [2.75, 3.05) is 19.7 Å². The second-order valence-corrected chi connectivity index (χ2v) is 7.26. The van der Waals surface area contributed by atoms with E-state index in [2.05, 4.69) is 34.5 Å². The molecule has 0 radical (unpaired) electrons. The second-order valence-electron chi connectivity index (χ2n) is 7.26. The Bertz CT molecular complexity index is 816. The predicted octanol–water partition coefficient (Wildman–Crippen LogP) is 4.87. The smallest absolute Gasteiger partial charge is 0.224 e. The molecule has 172 valence electrons. The van der Waals surface area contributed by atoms with E-state index in [0.717, 1.165) is 37.9 Å². The summed E-state index contributed by atoms with van der Waals surface area (Å²) in [5, 5.41) is 16.1. The number of aliphatic imine (C=N–C) groups is 1. The first kappa shape index (κ1) is 27.1. The van der Waals surface area contributed by atoms with E-state index in [0.29, 0.717) is 24.1 Å². The van der Waals surface area contributed by atoms with Gasteiger partial charge < -0.3 is 20.5 Å². The topological polar surface area (TPSA) is 78.8 Å². The number of aliphatic hydroxyl groups excluding tert-OH is 1. The van der Waals surface area contributed by atoms with Crippen molar-refractivity contribution >= 4 is 29.9 Å². The average Bonchev–Trinajstić information content (AvgIpc) is 2.76. The van der Waals surface area contributed by atoms with Gasteiger partial charge in [-0.2, -0.15) is 0 Å². The highest BCUT2D eigenvalue weighted by Gasteiger charge is 2.25. The van der Waals surface area contributed by atoms with Gasteiger partial charge in [-0.25, -0.2) is 14.4 Å². The van der Waals surface area contributed by atoms with E-state index in [1.807, 2.05) is 19.1 Å². The molecule has 8 heteroatoms. The van der Waals surface area contributed by atoms with Crippen LogP contribution in [0.5, 0.6) is 11.6 Å². The molecule has 0 fully saturated rings. The molecule has 1 aromatic carbocycles. The van der Waals surface area contributed by atoms with Crippen molar-refractivity contribution in [2.45, 2.75) is 46.6 Å². The Hall–Kier alpha value is -1.94. The van der Waals surface area contributed by atoms with E-state index >= 15 is 0 Å². The van der Waals surface area contributed by atoms with Crippen molar-refractivity contribution in [1.29, 1.82) is 0 Å². The molecule has 6 nitrogen and oxygen atoms in total. The lowest BCUT2D eigenvalue weighted by atomic mass is 9.79. The van der Waals surface area contributed by atoms with Crippen LogP contribution >= 0.6 is 24.0 Å². The zero-order valence-corrected chi connectivity index (χ0v) is 20.9. The van der Waals surface area contributed by atoms with Crippen molar-refractivity contribution in [1.82, 2.24) is 15.6 Å². The summed E-state index contributed by atoms with van der Waals surface area (Å²) >= 11 is 0. The number of halogens is 2. The zero-order valence-electron chi connectivity index (χ0n) is 18.5. The van der Waals surface area contributed by atoms with E-state index in [1.165, 1.54) is 12.1 Å². The number of hydrogen-bond acceptors (Lipinski definition) is 4. The van der Waals surface area contributed by atoms with Crippen molar-refractivity contribution in [3.8, 4) is 11.6 Å². The fourth-order valence-corrected chi connectivity index (χ4v) is 3.23. The summed E-state index contributed by atoms with van der Waals surface area (Å²) in [4.78, 5) is 8.95. The lowest BCUT2D eigenvalue weighted by molar-refractivity contribution is 0.169. The molecule has 0 bridgehead atoms. The van der Waals surface area contributed by atoms with Gasteiger partial charge in [-0.05, 0) is 49.8 Å². The fourth-order valence-electron chi connectivity index (χ4n) is 3.23. The molecule has 0 spiro atoms. The van der Waals surface area contributed by atoms with Crippen LogP contribution in [-0.4, -0.2) is 35.7 Å². The van der Waals surface area contributed by atoms with Gasteiger partial charge in [0, 0.05) is 37.5 Å². The third kappa shape index (κ3) is 8.60. The molecule has 1 heterocycles. The monoisotopic (exact) mass is 544 g/mol. The molecule has 0 saturated carbocycles. The van der Waals surface area contributed by atoms with Crippen molar-refractivity contribution < 1.29 is 14.2 Å². The molecule has 0 saturated heterocycles. The molecular formula is C23H34FIN4O2. The highest BCUT2D eigenvalue weighted by Crippen LogP contribution is 2.29. The number of guanidine groups is 1. The Morgan fingerprint density at radius 2 is 1.94 bits per heavy atom. The quantitative estimate of drug-likeness (QED) is 0.214. The number of aliphatic hydroxyl groups is 1. The minimum Gasteiger partial charge on any atom is -0.439 e. The van der Waals surface area contributed by atoms with E-state index in [4.69, 9.17) is 4.74 Å². The fraction of sp³-hybridized carbons (Fsp3) is 0.478. The summed E-state index contributed by atoms with van der Waals surface area (Å²) < 4.78 is 19.2. The third-order valence-corrected chi connectivity index (χ3v) is 5.39. The first-order valence-corrected chi connectivity index (χ1v) is 10.6. The van der Waals surface area contributed by atoms with E-state index < -0.39 is 0 Å². The maximum atomic E-state index is 13.4. The first-order chi connectivity index (χ1) is 14.6. The Labute approximate surface area is 201 Å². The van der Waals surface area contributed by atoms with Gasteiger partial charge >= 0.3 is 0 Å². The SMILES string of the molecule is CCNC(=NCc1cccnc1Oc1cccc(F)c1)NCC(CC)(CC)CCO.I. The van der Waals surface area contributed by atoms with Crippen LogP contribution in [0.2, 0.25) is 0 Å². The molecule has 0 aliphatic heterocycles. The molecule has 0 aliphatic carbocycles. The lowest BCUT2D eigenvalue weighted by Gasteiger charge is -2.32. The van der Waals surface area contributed by atoms with Crippen molar-refractivity contribution in [3.63, 3.8) is 0 Å². The van der Waals surface area contributed by atoms with Gasteiger partial charge in [-0.15, -0.1) is 24.0 Å². The third-order valence-electron chi connectivity index (χ3n) is 5.39. The molecule has 31 heavy (non-hydrogen) atoms. The number of aromatic nitrogens is 1. The second kappa shape index (κ2) is 14.2. The van der Waals surface area contributed by atoms with Crippen LogP contribution in [0.25, 0.3) is 0 Å². The van der Waals surface area contributed by atoms with Crippen LogP contribution in [0, 0.1) is 11.2 Å². The number of nitrogens with one attached hydrogen (secondary N) is 2. The summed E-state index contributed by atoms with van der Waals surface area (Å²) in [7, 11) is 0. The van der Waals surface area contributed by atoms with Crippen LogP contribution in [0.1, 0.15) is 45.6 Å². The predicted molar refractivity (Wildman–Crippen MR) is 134 cm³/mol. The average molecular weight is 544 g/mol. The largest absolute Gasteiger partial charge is 0.439 e. The van der Waals surface area contributed by atoms with Gasteiger partial charge in [0.1, 0.15) is 11.6 Å². The van der Waals surface area contributed by atoms with Crippen molar-refractivity contribution in [3.05, 3.63) is 54.0 Å². The van der Waals surface area contributed by atoms with Crippen LogP contribution in [-0.2, 0) is 6.54 Å². The first-order valence-electron chi connectivity index (χ1n) is 10.6. The summed E-state index contributed by atoms with van der Waals surface area (Å²) in [6.07, 6.45) is 4.34. The Morgan fingerprint density at radius 3 is 2.58 bits per heavy atom. The van der Waals surface area contributed by atoms with Gasteiger partial charge in [0.05, 0.1) is 6.54 Å². The Balaban J connectivity index is 0.00000480. The lowest BCUT2D eigenvalue weighted by Crippen LogP contribution is -2.43. The van der Waals surface area contributed by atoms with Gasteiger partial charge in [-0.3, -0.25) is 0 Å².